The van der Waals surface area contributed by atoms with Crippen LogP contribution in [0.3, 0.4) is 0 Å². The molecular weight excluding hydrogens is 230 g/mol. The third kappa shape index (κ3) is 3.19. The summed E-state index contributed by atoms with van der Waals surface area (Å²) in [5.41, 5.74) is 0. The Kier molecular flexibility index (Phi) is 4.05. The molecule has 1 aliphatic carbocycles. The lowest BCUT2D eigenvalue weighted by atomic mass is 10.3. The molecule has 96 valence electrons. The largest absolute Gasteiger partial charge is 0.351 e. The van der Waals surface area contributed by atoms with E-state index in [0.29, 0.717) is 6.04 Å². The maximum Gasteiger partial charge on any atom is 0.185 e. The summed E-state index contributed by atoms with van der Waals surface area (Å²) in [4.78, 5) is 8.17. The van der Waals surface area contributed by atoms with Crippen molar-refractivity contribution in [1.82, 2.24) is 10.3 Å². The first kappa shape index (κ1) is 12.8. The highest BCUT2D eigenvalue weighted by Crippen LogP contribution is 2.39. The average molecular weight is 253 g/mol. The molecule has 0 bridgehead atoms. The number of aromatic nitrogens is 1. The van der Waals surface area contributed by atoms with E-state index in [1.165, 1.54) is 11.3 Å². The van der Waals surface area contributed by atoms with Gasteiger partial charge in [0.2, 0.25) is 0 Å². The number of anilines is 1. The van der Waals surface area contributed by atoms with Crippen molar-refractivity contribution in [3.05, 3.63) is 11.1 Å². The van der Waals surface area contributed by atoms with Crippen molar-refractivity contribution < 1.29 is 0 Å². The summed E-state index contributed by atoms with van der Waals surface area (Å²) in [6.45, 7) is 8.83. The van der Waals surface area contributed by atoms with Gasteiger partial charge in [0.15, 0.2) is 5.13 Å². The van der Waals surface area contributed by atoms with Crippen LogP contribution < -0.4 is 10.2 Å². The van der Waals surface area contributed by atoms with Gasteiger partial charge in [-0.2, -0.15) is 0 Å². The summed E-state index contributed by atoms with van der Waals surface area (Å²) in [6.07, 6.45) is 3.40. The van der Waals surface area contributed by atoms with Crippen molar-refractivity contribution in [2.45, 2.75) is 33.2 Å². The average Bonchev–Trinajstić information content (AvgIpc) is 2.83. The highest BCUT2D eigenvalue weighted by Gasteiger charge is 2.33. The Labute approximate surface area is 108 Å². The van der Waals surface area contributed by atoms with Gasteiger partial charge in [0.1, 0.15) is 0 Å². The van der Waals surface area contributed by atoms with Crippen molar-refractivity contribution >= 4 is 16.5 Å². The first-order chi connectivity index (χ1) is 8.11. The predicted octanol–water partition coefficient (Wildman–Crippen LogP) is 2.91. The van der Waals surface area contributed by atoms with Crippen molar-refractivity contribution in [1.29, 1.82) is 0 Å². The molecule has 0 aliphatic heterocycles. The number of nitrogens with zero attached hydrogens (tertiary/aromatic N) is 2. The third-order valence-electron chi connectivity index (χ3n) is 3.56. The molecule has 17 heavy (non-hydrogen) atoms. The standard InChI is InChI=1S/C13H23N3S/c1-5-14-10(3)12-7-15-13(17-12)16(4)8-11-6-9(11)2/h7,9-11,14H,5-6,8H2,1-4H3. The van der Waals surface area contributed by atoms with Crippen LogP contribution in [0.5, 0.6) is 0 Å². The zero-order valence-corrected chi connectivity index (χ0v) is 12.0. The summed E-state index contributed by atoms with van der Waals surface area (Å²) in [6, 6.07) is 0.416. The van der Waals surface area contributed by atoms with E-state index >= 15 is 0 Å². The predicted molar refractivity (Wildman–Crippen MR) is 74.7 cm³/mol. The lowest BCUT2D eigenvalue weighted by Crippen LogP contribution is -2.20. The van der Waals surface area contributed by atoms with Gasteiger partial charge in [0.25, 0.3) is 0 Å². The van der Waals surface area contributed by atoms with Crippen LogP contribution in [0.4, 0.5) is 5.13 Å². The fourth-order valence-electron chi connectivity index (χ4n) is 2.14. The number of hydrogen-bond acceptors (Lipinski definition) is 4. The molecular formula is C13H23N3S. The number of rotatable bonds is 6. The van der Waals surface area contributed by atoms with E-state index in [1.807, 2.05) is 17.5 Å². The van der Waals surface area contributed by atoms with Crippen LogP contribution >= 0.6 is 11.3 Å². The van der Waals surface area contributed by atoms with Crippen LogP contribution in [0.2, 0.25) is 0 Å². The lowest BCUT2D eigenvalue weighted by Gasteiger charge is -2.15. The minimum Gasteiger partial charge on any atom is -0.351 e. The fourth-order valence-corrected chi connectivity index (χ4v) is 3.06. The Morgan fingerprint density at radius 3 is 2.94 bits per heavy atom. The van der Waals surface area contributed by atoms with Gasteiger partial charge in [-0.25, -0.2) is 4.98 Å². The number of thiazole rings is 1. The van der Waals surface area contributed by atoms with E-state index in [0.717, 1.165) is 30.1 Å². The first-order valence-corrected chi connectivity index (χ1v) is 7.33. The normalized spacial score (nSPS) is 24.7. The Bertz CT molecular complexity index is 363. The fraction of sp³-hybridized carbons (Fsp3) is 0.769. The second-order valence-corrected chi connectivity index (χ2v) is 6.22. The van der Waals surface area contributed by atoms with E-state index < -0.39 is 0 Å². The third-order valence-corrected chi connectivity index (χ3v) is 4.85. The van der Waals surface area contributed by atoms with Crippen molar-refractivity contribution in [3.8, 4) is 0 Å². The summed E-state index contributed by atoms with van der Waals surface area (Å²) in [7, 11) is 2.16. The van der Waals surface area contributed by atoms with Crippen LogP contribution in [-0.2, 0) is 0 Å². The second-order valence-electron chi connectivity index (χ2n) is 5.18. The molecule has 1 heterocycles. The van der Waals surface area contributed by atoms with Crippen molar-refractivity contribution in [2.24, 2.45) is 11.8 Å². The molecule has 1 N–H and O–H groups in total. The second kappa shape index (κ2) is 5.36. The van der Waals surface area contributed by atoms with Crippen LogP contribution in [0.15, 0.2) is 6.20 Å². The quantitative estimate of drug-likeness (QED) is 0.845. The molecule has 0 saturated heterocycles. The molecule has 4 heteroatoms. The minimum absolute atomic E-state index is 0.416. The molecule has 0 amide bonds. The van der Waals surface area contributed by atoms with Gasteiger partial charge in [-0.15, -0.1) is 11.3 Å². The van der Waals surface area contributed by atoms with Gasteiger partial charge in [-0.1, -0.05) is 13.8 Å². The van der Waals surface area contributed by atoms with E-state index in [-0.39, 0.29) is 0 Å². The van der Waals surface area contributed by atoms with Crippen LogP contribution in [-0.4, -0.2) is 25.1 Å². The zero-order valence-electron chi connectivity index (χ0n) is 11.2. The Morgan fingerprint density at radius 1 is 1.65 bits per heavy atom. The highest BCUT2D eigenvalue weighted by atomic mass is 32.1. The summed E-state index contributed by atoms with van der Waals surface area (Å²) < 4.78 is 0. The molecule has 0 radical (unpaired) electrons. The zero-order chi connectivity index (χ0) is 12.4. The summed E-state index contributed by atoms with van der Waals surface area (Å²) in [5, 5.41) is 4.58. The summed E-state index contributed by atoms with van der Waals surface area (Å²) >= 11 is 1.81. The molecule has 1 aromatic heterocycles. The number of nitrogens with one attached hydrogen (secondary N) is 1. The topological polar surface area (TPSA) is 28.2 Å². The van der Waals surface area contributed by atoms with E-state index in [2.05, 4.69) is 43.0 Å². The SMILES string of the molecule is CCNC(C)c1cnc(N(C)CC2CC2C)s1. The molecule has 1 fully saturated rings. The van der Waals surface area contributed by atoms with Gasteiger partial charge < -0.3 is 10.2 Å². The van der Waals surface area contributed by atoms with Crippen molar-refractivity contribution in [3.63, 3.8) is 0 Å². The molecule has 0 spiro atoms. The smallest absolute Gasteiger partial charge is 0.185 e. The molecule has 3 nitrogen and oxygen atoms in total. The molecule has 3 unspecified atom stereocenters. The minimum atomic E-state index is 0.416. The number of hydrogen-bond donors (Lipinski definition) is 1. The molecule has 0 aromatic carbocycles. The summed E-state index contributed by atoms with van der Waals surface area (Å²) in [5.74, 6) is 1.80. The maximum absolute atomic E-state index is 4.53. The van der Waals surface area contributed by atoms with E-state index in [9.17, 15) is 0 Å². The highest BCUT2D eigenvalue weighted by molar-refractivity contribution is 7.15. The Hall–Kier alpha value is -0.610. The molecule has 2 rings (SSSR count). The lowest BCUT2D eigenvalue weighted by molar-refractivity contribution is 0.606. The maximum atomic E-state index is 4.53. The van der Waals surface area contributed by atoms with Gasteiger partial charge in [0.05, 0.1) is 0 Å². The Balaban J connectivity index is 1.92. The molecule has 1 aromatic rings. The monoisotopic (exact) mass is 253 g/mol. The van der Waals surface area contributed by atoms with E-state index in [4.69, 9.17) is 0 Å². The van der Waals surface area contributed by atoms with Crippen molar-refractivity contribution in [2.75, 3.05) is 25.0 Å². The Morgan fingerprint density at radius 2 is 2.35 bits per heavy atom. The van der Waals surface area contributed by atoms with Gasteiger partial charge in [0, 0.05) is 30.7 Å². The van der Waals surface area contributed by atoms with Gasteiger partial charge in [-0.3, -0.25) is 0 Å². The van der Waals surface area contributed by atoms with Crippen LogP contribution in [0.25, 0.3) is 0 Å². The van der Waals surface area contributed by atoms with Gasteiger partial charge >= 0.3 is 0 Å². The molecule has 3 atom stereocenters. The van der Waals surface area contributed by atoms with E-state index in [1.54, 1.807) is 0 Å². The van der Waals surface area contributed by atoms with Crippen LogP contribution in [0, 0.1) is 11.8 Å². The first-order valence-electron chi connectivity index (χ1n) is 6.52. The molecule has 1 saturated carbocycles. The van der Waals surface area contributed by atoms with Gasteiger partial charge in [-0.05, 0) is 31.7 Å². The molecule has 1 aliphatic rings. The van der Waals surface area contributed by atoms with Crippen LogP contribution in [0.1, 0.15) is 38.1 Å².